The van der Waals surface area contributed by atoms with Crippen LogP contribution in [0.5, 0.6) is 0 Å². The molecule has 0 N–H and O–H groups in total. The van der Waals surface area contributed by atoms with Gasteiger partial charge in [-0.15, -0.1) is 17.8 Å². The zero-order valence-corrected chi connectivity index (χ0v) is 35.9. The van der Waals surface area contributed by atoms with Crippen molar-refractivity contribution in [2.45, 2.75) is 6.92 Å². The van der Waals surface area contributed by atoms with E-state index in [0.717, 1.165) is 82.5 Å². The lowest BCUT2D eigenvalue weighted by Gasteiger charge is -2.26. The average molecular weight is 834 g/mol. The minimum Gasteiger partial charge on any atom is -0.455 e. The van der Waals surface area contributed by atoms with E-state index in [1.807, 2.05) is 0 Å². The number of terminal acetylenes is 1. The Balaban J connectivity index is 0.955. The molecular formula is C61H39NOS. The molecule has 3 heteroatoms. The van der Waals surface area contributed by atoms with Gasteiger partial charge >= 0.3 is 0 Å². The Bertz CT molecular complexity index is 3860. The second kappa shape index (κ2) is 15.3. The van der Waals surface area contributed by atoms with Crippen molar-refractivity contribution in [2.24, 2.45) is 0 Å². The highest BCUT2D eigenvalue weighted by Crippen LogP contribution is 2.43. The van der Waals surface area contributed by atoms with Crippen LogP contribution in [-0.2, 0) is 0 Å². The van der Waals surface area contributed by atoms with Crippen LogP contribution in [0.1, 0.15) is 22.9 Å². The quantitative estimate of drug-likeness (QED) is 0.117. The van der Waals surface area contributed by atoms with Gasteiger partial charge < -0.3 is 9.32 Å². The normalized spacial score (nSPS) is 11.9. The second-order valence-electron chi connectivity index (χ2n) is 16.5. The van der Waals surface area contributed by atoms with Crippen molar-refractivity contribution in [3.8, 4) is 34.6 Å². The Morgan fingerprint density at radius 1 is 0.516 bits per heavy atom. The van der Waals surface area contributed by atoms with Gasteiger partial charge in [-0.2, -0.15) is 0 Å². The fourth-order valence-corrected chi connectivity index (χ4v) is 10.7. The maximum Gasteiger partial charge on any atom is 0.143 e. The third-order valence-electron chi connectivity index (χ3n) is 12.7. The predicted octanol–water partition coefficient (Wildman–Crippen LogP) is 17.6. The molecule has 0 radical (unpaired) electrons. The van der Waals surface area contributed by atoms with Crippen molar-refractivity contribution in [3.05, 3.63) is 222 Å². The molecule has 0 aliphatic heterocycles. The van der Waals surface area contributed by atoms with Crippen LogP contribution in [0.2, 0.25) is 0 Å². The number of fused-ring (bicyclic) bond motifs is 9. The van der Waals surface area contributed by atoms with E-state index in [1.165, 1.54) is 42.8 Å². The van der Waals surface area contributed by atoms with Crippen LogP contribution < -0.4 is 4.90 Å². The second-order valence-corrected chi connectivity index (χ2v) is 17.5. The van der Waals surface area contributed by atoms with Gasteiger partial charge in [-0.1, -0.05) is 152 Å². The first-order chi connectivity index (χ1) is 31.6. The zero-order valence-electron chi connectivity index (χ0n) is 35.0. The van der Waals surface area contributed by atoms with Gasteiger partial charge in [0.25, 0.3) is 0 Å². The van der Waals surface area contributed by atoms with E-state index in [2.05, 4.69) is 230 Å². The van der Waals surface area contributed by atoms with Gasteiger partial charge in [-0.25, -0.2) is 0 Å². The molecule has 0 bridgehead atoms. The Hall–Kier alpha value is -8.16. The molecule has 12 rings (SSSR count). The minimum atomic E-state index is 0.882. The van der Waals surface area contributed by atoms with Gasteiger partial charge in [0.2, 0.25) is 0 Å². The van der Waals surface area contributed by atoms with Gasteiger partial charge in [-0.3, -0.25) is 0 Å². The largest absolute Gasteiger partial charge is 0.455 e. The first-order valence-corrected chi connectivity index (χ1v) is 22.4. The van der Waals surface area contributed by atoms with Crippen LogP contribution in [0.3, 0.4) is 0 Å². The summed E-state index contributed by atoms with van der Waals surface area (Å²) in [6.07, 6.45) is 8.28. The van der Waals surface area contributed by atoms with E-state index in [1.54, 1.807) is 11.3 Å². The molecule has 0 saturated carbocycles. The molecule has 0 spiro atoms. The highest BCUT2D eigenvalue weighted by Gasteiger charge is 2.18. The topological polar surface area (TPSA) is 16.4 Å². The van der Waals surface area contributed by atoms with Crippen molar-refractivity contribution in [2.75, 3.05) is 4.90 Å². The van der Waals surface area contributed by atoms with Crippen molar-refractivity contribution in [3.63, 3.8) is 0 Å². The number of rotatable bonds is 7. The molecule has 0 amide bonds. The number of hydrogen-bond acceptors (Lipinski definition) is 3. The van der Waals surface area contributed by atoms with E-state index in [4.69, 9.17) is 10.8 Å². The first-order valence-electron chi connectivity index (χ1n) is 21.6. The van der Waals surface area contributed by atoms with Gasteiger partial charge in [0.15, 0.2) is 0 Å². The monoisotopic (exact) mass is 833 g/mol. The van der Waals surface area contributed by atoms with Crippen LogP contribution in [0.25, 0.3) is 98.2 Å². The smallest absolute Gasteiger partial charge is 0.143 e. The SMILES string of the molecule is C#Cc1c(/C=C(\C)c2ccc(N(c3ccc(-c4ccc5c(ccc6ccccc65)c4)cc3)c3cccc(-c4cccc5oc6c7ccccc7ccc6c45)c3)cc2)sc2ccccc12. The number of hydrogen-bond donors (Lipinski definition) is 0. The molecule has 2 heterocycles. The molecular weight excluding hydrogens is 795 g/mol. The summed E-state index contributed by atoms with van der Waals surface area (Å²) in [5, 5.41) is 10.7. The number of furan rings is 1. The summed E-state index contributed by atoms with van der Waals surface area (Å²) in [6.45, 7) is 2.16. The summed E-state index contributed by atoms with van der Waals surface area (Å²) < 4.78 is 7.81. The maximum absolute atomic E-state index is 6.61. The van der Waals surface area contributed by atoms with Crippen molar-refractivity contribution in [1.29, 1.82) is 0 Å². The summed E-state index contributed by atoms with van der Waals surface area (Å²) >= 11 is 1.74. The van der Waals surface area contributed by atoms with E-state index in [-0.39, 0.29) is 0 Å². The fourth-order valence-electron chi connectivity index (χ4n) is 9.52. The minimum absolute atomic E-state index is 0.882. The van der Waals surface area contributed by atoms with E-state index in [0.29, 0.717) is 0 Å². The van der Waals surface area contributed by atoms with Crippen molar-refractivity contribution < 1.29 is 4.42 Å². The van der Waals surface area contributed by atoms with E-state index < -0.39 is 0 Å². The number of nitrogens with zero attached hydrogens (tertiary/aromatic N) is 1. The van der Waals surface area contributed by atoms with Crippen LogP contribution in [-0.4, -0.2) is 0 Å². The summed E-state index contributed by atoms with van der Waals surface area (Å²) in [5.41, 5.74) is 12.8. The molecule has 0 atom stereocenters. The molecule has 64 heavy (non-hydrogen) atoms. The maximum atomic E-state index is 6.61. The Kier molecular flexibility index (Phi) is 9.00. The molecule has 300 valence electrons. The molecule has 0 unspecified atom stereocenters. The lowest BCUT2D eigenvalue weighted by Crippen LogP contribution is -2.10. The van der Waals surface area contributed by atoms with Crippen LogP contribution in [0.15, 0.2) is 211 Å². The Labute approximate surface area is 375 Å². The van der Waals surface area contributed by atoms with E-state index in [9.17, 15) is 0 Å². The molecule has 0 aliphatic carbocycles. The Morgan fingerprint density at radius 3 is 1.97 bits per heavy atom. The van der Waals surface area contributed by atoms with Crippen LogP contribution >= 0.6 is 11.3 Å². The third kappa shape index (κ3) is 6.35. The fraction of sp³-hybridized carbons (Fsp3) is 0.0164. The van der Waals surface area contributed by atoms with Crippen molar-refractivity contribution in [1.82, 2.24) is 0 Å². The van der Waals surface area contributed by atoms with Crippen LogP contribution in [0, 0.1) is 12.3 Å². The number of benzene rings is 10. The first kappa shape index (κ1) is 37.6. The molecule has 2 nitrogen and oxygen atoms in total. The highest BCUT2D eigenvalue weighted by molar-refractivity contribution is 7.20. The number of thiophene rings is 1. The summed E-state index contributed by atoms with van der Waals surface area (Å²) in [4.78, 5) is 3.46. The molecule has 10 aromatic carbocycles. The third-order valence-corrected chi connectivity index (χ3v) is 13.8. The van der Waals surface area contributed by atoms with E-state index >= 15 is 0 Å². The van der Waals surface area contributed by atoms with Gasteiger partial charge in [0.1, 0.15) is 11.2 Å². The van der Waals surface area contributed by atoms with Gasteiger partial charge in [0.05, 0.1) is 5.56 Å². The molecule has 0 aliphatic rings. The highest BCUT2D eigenvalue weighted by atomic mass is 32.1. The molecule has 12 aromatic rings. The van der Waals surface area contributed by atoms with Crippen molar-refractivity contribution >= 4 is 104 Å². The predicted molar refractivity (Wildman–Crippen MR) is 275 cm³/mol. The summed E-state index contributed by atoms with van der Waals surface area (Å²) in [5.74, 6) is 2.96. The molecule has 0 fully saturated rings. The lowest BCUT2D eigenvalue weighted by molar-refractivity contribution is 0.673. The van der Waals surface area contributed by atoms with Crippen LogP contribution in [0.4, 0.5) is 17.1 Å². The summed E-state index contributed by atoms with van der Waals surface area (Å²) in [6, 6.07) is 74.2. The standard InChI is InChI=1S/C61H39NOS/c1-3-50-55-18-8-9-21-58(55)64-59(50)36-39(2)40-24-30-47(31-25-40)62(48-32-26-41(27-33-48)44-29-34-52-46(37-44)23-22-42-12-4-6-16-51(42)52)49-15-10-14-45(38-49)53-19-11-20-57-60(53)56-35-28-43-13-5-7-17-54(43)61(56)63-57/h1,4-38H,2H3/b39-36+. The Morgan fingerprint density at radius 2 is 1.16 bits per heavy atom. The lowest BCUT2D eigenvalue weighted by atomic mass is 9.97. The number of allylic oxidation sites excluding steroid dienone is 1. The molecule has 2 aromatic heterocycles. The number of anilines is 3. The zero-order chi connectivity index (χ0) is 42.7. The molecule has 0 saturated heterocycles. The average Bonchev–Trinajstić information content (AvgIpc) is 3.92. The summed E-state index contributed by atoms with van der Waals surface area (Å²) in [7, 11) is 0. The van der Waals surface area contributed by atoms with Gasteiger partial charge in [0, 0.05) is 48.2 Å². The van der Waals surface area contributed by atoms with Gasteiger partial charge in [-0.05, 0) is 134 Å².